The summed E-state index contributed by atoms with van der Waals surface area (Å²) in [4.78, 5) is 28.5. The molecule has 6 heteroatoms. The summed E-state index contributed by atoms with van der Waals surface area (Å²) in [6.45, 7) is 4.21. The standard InChI is InChI=1S/C39H72O6/c1-3-5-7-9-11-13-15-17-19-21-23-25-27-29-31-33-38(40)43-35-37(36-44-42)45-39(41)34-32-30-28-26-24-22-20-18-16-14-12-10-8-6-4-2/h17-20,37,42H,3-16,21-36H2,1-2H3/b19-17-,20-18-/t37-/m0/s1. The van der Waals surface area contributed by atoms with Crippen molar-refractivity contribution in [3.05, 3.63) is 24.3 Å². The molecule has 0 unspecified atom stereocenters. The van der Waals surface area contributed by atoms with E-state index in [4.69, 9.17) is 14.7 Å². The van der Waals surface area contributed by atoms with Gasteiger partial charge in [-0.1, -0.05) is 141 Å². The zero-order chi connectivity index (χ0) is 32.9. The molecule has 0 aromatic rings. The normalized spacial score (nSPS) is 12.3. The number of rotatable bonds is 35. The van der Waals surface area contributed by atoms with Gasteiger partial charge in [-0.25, -0.2) is 4.89 Å². The van der Waals surface area contributed by atoms with E-state index < -0.39 is 6.10 Å². The SMILES string of the molecule is CCCCCCCC/C=C\CCCCCCCC(=O)OC[C@@H](COO)OC(=O)CCCCCCC/C=C\CCCCCCCC. The van der Waals surface area contributed by atoms with Gasteiger partial charge in [0.05, 0.1) is 0 Å². The molecule has 0 fully saturated rings. The highest BCUT2D eigenvalue weighted by Gasteiger charge is 2.17. The largest absolute Gasteiger partial charge is 0.462 e. The molecule has 0 amide bonds. The zero-order valence-electron chi connectivity index (χ0n) is 29.6. The van der Waals surface area contributed by atoms with E-state index in [0.717, 1.165) is 51.4 Å². The molecule has 0 aliphatic carbocycles. The third kappa shape index (κ3) is 35.0. The van der Waals surface area contributed by atoms with Crippen LogP contribution in [-0.2, 0) is 24.0 Å². The summed E-state index contributed by atoms with van der Waals surface area (Å²) in [6, 6.07) is 0. The summed E-state index contributed by atoms with van der Waals surface area (Å²) in [5, 5.41) is 8.84. The molecule has 0 radical (unpaired) electrons. The van der Waals surface area contributed by atoms with E-state index in [9.17, 15) is 9.59 Å². The maximum Gasteiger partial charge on any atom is 0.306 e. The summed E-state index contributed by atoms with van der Waals surface area (Å²) in [5.74, 6) is -0.646. The van der Waals surface area contributed by atoms with Crippen molar-refractivity contribution in [1.29, 1.82) is 0 Å². The summed E-state index contributed by atoms with van der Waals surface area (Å²) < 4.78 is 10.7. The quantitative estimate of drug-likeness (QED) is 0.0245. The Morgan fingerprint density at radius 3 is 1.24 bits per heavy atom. The molecule has 1 N–H and O–H groups in total. The molecular formula is C39H72O6. The smallest absolute Gasteiger partial charge is 0.306 e. The van der Waals surface area contributed by atoms with Gasteiger partial charge in [0, 0.05) is 12.8 Å². The Balaban J connectivity index is 3.68. The van der Waals surface area contributed by atoms with Gasteiger partial charge >= 0.3 is 11.9 Å². The highest BCUT2D eigenvalue weighted by atomic mass is 17.1. The second kappa shape index (κ2) is 36.8. The molecule has 0 rings (SSSR count). The van der Waals surface area contributed by atoms with Crippen LogP contribution in [0.1, 0.15) is 194 Å². The molecule has 1 atom stereocenters. The Kier molecular flexibility index (Phi) is 35.4. The first-order valence-corrected chi connectivity index (χ1v) is 19.0. The molecule has 264 valence electrons. The van der Waals surface area contributed by atoms with Gasteiger partial charge in [0.25, 0.3) is 0 Å². The molecule has 6 nitrogen and oxygen atoms in total. The van der Waals surface area contributed by atoms with Gasteiger partial charge in [-0.15, -0.1) is 0 Å². The van der Waals surface area contributed by atoms with E-state index in [1.54, 1.807) is 0 Å². The van der Waals surface area contributed by atoms with Crippen LogP contribution in [0.15, 0.2) is 24.3 Å². The van der Waals surface area contributed by atoms with Crippen LogP contribution in [0.3, 0.4) is 0 Å². The van der Waals surface area contributed by atoms with Crippen molar-refractivity contribution in [3.63, 3.8) is 0 Å². The molecule has 0 aromatic carbocycles. The van der Waals surface area contributed by atoms with Gasteiger partial charge in [0.1, 0.15) is 13.2 Å². The molecule has 0 heterocycles. The second-order valence-corrected chi connectivity index (χ2v) is 12.8. The van der Waals surface area contributed by atoms with Gasteiger partial charge in [-0.3, -0.25) is 14.8 Å². The number of hydrogen-bond donors (Lipinski definition) is 1. The predicted octanol–water partition coefficient (Wildman–Crippen LogP) is 12.0. The Morgan fingerprint density at radius 2 is 0.844 bits per heavy atom. The van der Waals surface area contributed by atoms with Crippen LogP contribution >= 0.6 is 0 Å². The molecule has 0 saturated heterocycles. The van der Waals surface area contributed by atoms with Crippen molar-refractivity contribution >= 4 is 11.9 Å². The first-order valence-electron chi connectivity index (χ1n) is 19.0. The topological polar surface area (TPSA) is 82.1 Å². The lowest BCUT2D eigenvalue weighted by atomic mass is 10.1. The maximum atomic E-state index is 12.2. The monoisotopic (exact) mass is 637 g/mol. The van der Waals surface area contributed by atoms with E-state index in [1.807, 2.05) is 0 Å². The first-order chi connectivity index (χ1) is 22.1. The van der Waals surface area contributed by atoms with E-state index in [0.29, 0.717) is 12.8 Å². The zero-order valence-corrected chi connectivity index (χ0v) is 29.6. The number of carbonyl (C=O) groups is 2. The van der Waals surface area contributed by atoms with Crippen molar-refractivity contribution in [1.82, 2.24) is 0 Å². The van der Waals surface area contributed by atoms with E-state index in [-0.39, 0.29) is 25.2 Å². The van der Waals surface area contributed by atoms with Crippen molar-refractivity contribution < 1.29 is 29.2 Å². The maximum absolute atomic E-state index is 12.2. The minimum Gasteiger partial charge on any atom is -0.462 e. The molecular weight excluding hydrogens is 564 g/mol. The second-order valence-electron chi connectivity index (χ2n) is 12.8. The molecule has 0 spiro atoms. The van der Waals surface area contributed by atoms with Crippen LogP contribution in [0.25, 0.3) is 0 Å². The van der Waals surface area contributed by atoms with Crippen LogP contribution in [-0.4, -0.2) is 36.5 Å². The summed E-state index contributed by atoms with van der Waals surface area (Å²) >= 11 is 0. The molecule has 0 aliphatic heterocycles. The Hall–Kier alpha value is -1.66. The fourth-order valence-electron chi connectivity index (χ4n) is 5.38. The number of carbonyl (C=O) groups excluding carboxylic acids is 2. The predicted molar refractivity (Wildman–Crippen MR) is 188 cm³/mol. The number of hydrogen-bond acceptors (Lipinski definition) is 6. The average Bonchev–Trinajstić information content (AvgIpc) is 3.03. The molecule has 0 aromatic heterocycles. The summed E-state index contributed by atoms with van der Waals surface area (Å²) in [5.41, 5.74) is 0. The van der Waals surface area contributed by atoms with Crippen LogP contribution in [0.2, 0.25) is 0 Å². The number of esters is 2. The van der Waals surface area contributed by atoms with E-state index >= 15 is 0 Å². The third-order valence-electron chi connectivity index (χ3n) is 8.27. The number of allylic oxidation sites excluding steroid dienone is 4. The molecule has 0 bridgehead atoms. The summed E-state index contributed by atoms with van der Waals surface area (Å²) in [6.07, 6.45) is 40.6. The fourth-order valence-corrected chi connectivity index (χ4v) is 5.38. The van der Waals surface area contributed by atoms with Crippen molar-refractivity contribution in [3.8, 4) is 0 Å². The van der Waals surface area contributed by atoms with Gasteiger partial charge in [-0.2, -0.15) is 0 Å². The van der Waals surface area contributed by atoms with Crippen LogP contribution in [0, 0.1) is 0 Å². The van der Waals surface area contributed by atoms with E-state index in [2.05, 4.69) is 43.0 Å². The minimum atomic E-state index is -0.788. The first kappa shape index (κ1) is 43.3. The Bertz CT molecular complexity index is 689. The van der Waals surface area contributed by atoms with Crippen molar-refractivity contribution in [2.24, 2.45) is 0 Å². The number of unbranched alkanes of at least 4 members (excludes halogenated alkanes) is 22. The van der Waals surface area contributed by atoms with Crippen LogP contribution in [0.4, 0.5) is 0 Å². The lowest BCUT2D eigenvalue weighted by Crippen LogP contribution is -2.29. The highest BCUT2D eigenvalue weighted by Crippen LogP contribution is 2.13. The van der Waals surface area contributed by atoms with Crippen LogP contribution in [0.5, 0.6) is 0 Å². The molecule has 0 saturated carbocycles. The molecule has 0 aliphatic rings. The fraction of sp³-hybridized carbons (Fsp3) is 0.846. The van der Waals surface area contributed by atoms with E-state index in [1.165, 1.54) is 116 Å². The average molecular weight is 637 g/mol. The lowest BCUT2D eigenvalue weighted by molar-refractivity contribution is -0.261. The molecule has 45 heavy (non-hydrogen) atoms. The van der Waals surface area contributed by atoms with Gasteiger partial charge in [0.15, 0.2) is 6.10 Å². The van der Waals surface area contributed by atoms with Crippen molar-refractivity contribution in [2.75, 3.05) is 13.2 Å². The third-order valence-corrected chi connectivity index (χ3v) is 8.27. The highest BCUT2D eigenvalue weighted by molar-refractivity contribution is 5.70. The number of ether oxygens (including phenoxy) is 2. The van der Waals surface area contributed by atoms with Crippen molar-refractivity contribution in [2.45, 2.75) is 200 Å². The van der Waals surface area contributed by atoms with Crippen LogP contribution < -0.4 is 0 Å². The lowest BCUT2D eigenvalue weighted by Gasteiger charge is -2.16. The minimum absolute atomic E-state index is 0.0947. The van der Waals surface area contributed by atoms with Gasteiger partial charge < -0.3 is 9.47 Å². The van der Waals surface area contributed by atoms with Gasteiger partial charge in [0.2, 0.25) is 0 Å². The Morgan fingerprint density at radius 1 is 0.489 bits per heavy atom. The summed E-state index contributed by atoms with van der Waals surface area (Å²) in [7, 11) is 0. The van der Waals surface area contributed by atoms with Gasteiger partial charge in [-0.05, 0) is 64.2 Å². The Labute approximate surface area is 278 Å².